The van der Waals surface area contributed by atoms with Crippen molar-refractivity contribution in [1.29, 1.82) is 0 Å². The molecule has 7 nitrogen and oxygen atoms in total. The van der Waals surface area contributed by atoms with E-state index in [4.69, 9.17) is 0 Å². The van der Waals surface area contributed by atoms with Gasteiger partial charge in [-0.05, 0) is 6.92 Å². The molecule has 86 valence electrons. The summed E-state index contributed by atoms with van der Waals surface area (Å²) < 4.78 is 0. The second-order valence-electron chi connectivity index (χ2n) is 4.42. The maximum atomic E-state index is 10.7. The van der Waals surface area contributed by atoms with Crippen LogP contribution < -0.4 is 0 Å². The van der Waals surface area contributed by atoms with Crippen molar-refractivity contribution in [3.05, 3.63) is 15.0 Å². The quantitative estimate of drug-likeness (QED) is 0.392. The van der Waals surface area contributed by atoms with E-state index >= 15 is 0 Å². The summed E-state index contributed by atoms with van der Waals surface area (Å²) in [6.45, 7) is 2.95. The molecule has 0 aliphatic heterocycles. The molecule has 1 rings (SSSR count). The highest BCUT2D eigenvalue weighted by Crippen LogP contribution is 2.41. The van der Waals surface area contributed by atoms with Gasteiger partial charge in [0.15, 0.2) is 0 Å². The maximum absolute atomic E-state index is 10.7. The van der Waals surface area contributed by atoms with Crippen molar-refractivity contribution in [1.82, 2.24) is 0 Å². The molecule has 1 saturated carbocycles. The lowest BCUT2D eigenvalue weighted by atomic mass is 9.71. The Labute approximate surface area is 86.2 Å². The number of aliphatic hydroxyl groups is 2. The zero-order chi connectivity index (χ0) is 11.9. The molecule has 4 unspecified atom stereocenters. The number of nitroso groups, excluding NO2 is 1. The first kappa shape index (κ1) is 12.0. The van der Waals surface area contributed by atoms with E-state index < -0.39 is 28.2 Å². The van der Waals surface area contributed by atoms with Crippen molar-refractivity contribution in [2.24, 2.45) is 11.1 Å². The molecule has 0 bridgehead atoms. The number of hydrogen-bond acceptors (Lipinski definition) is 6. The number of rotatable bonds is 2. The zero-order valence-corrected chi connectivity index (χ0v) is 8.58. The van der Waals surface area contributed by atoms with Gasteiger partial charge in [0.1, 0.15) is 0 Å². The first-order valence-corrected chi connectivity index (χ1v) is 4.65. The SMILES string of the molecule is CC1C(O)CC(N=O)([N+](=O)[O-])CC1(C)O. The molecule has 0 amide bonds. The Morgan fingerprint density at radius 2 is 2.13 bits per heavy atom. The Balaban J connectivity index is 3.06. The minimum atomic E-state index is -2.10. The second kappa shape index (κ2) is 3.49. The van der Waals surface area contributed by atoms with Crippen LogP contribution in [-0.2, 0) is 0 Å². The lowest BCUT2D eigenvalue weighted by Gasteiger charge is -2.41. The van der Waals surface area contributed by atoms with Gasteiger partial charge in [0.2, 0.25) is 0 Å². The molecule has 0 saturated heterocycles. The van der Waals surface area contributed by atoms with Crippen molar-refractivity contribution in [2.45, 2.75) is 44.1 Å². The van der Waals surface area contributed by atoms with Crippen LogP contribution in [0.2, 0.25) is 0 Å². The Morgan fingerprint density at radius 1 is 1.60 bits per heavy atom. The first-order chi connectivity index (χ1) is 6.75. The van der Waals surface area contributed by atoms with Crippen molar-refractivity contribution >= 4 is 0 Å². The third kappa shape index (κ3) is 1.84. The van der Waals surface area contributed by atoms with Crippen LogP contribution >= 0.6 is 0 Å². The monoisotopic (exact) mass is 218 g/mol. The van der Waals surface area contributed by atoms with Crippen molar-refractivity contribution in [3.8, 4) is 0 Å². The Bertz CT molecular complexity index is 293. The lowest BCUT2D eigenvalue weighted by Crippen LogP contribution is -2.57. The van der Waals surface area contributed by atoms with E-state index in [0.29, 0.717) is 0 Å². The van der Waals surface area contributed by atoms with E-state index in [1.54, 1.807) is 6.92 Å². The van der Waals surface area contributed by atoms with Crippen LogP contribution in [-0.4, -0.2) is 32.5 Å². The fourth-order valence-corrected chi connectivity index (χ4v) is 1.97. The summed E-state index contributed by atoms with van der Waals surface area (Å²) >= 11 is 0. The number of hydrogen-bond donors (Lipinski definition) is 2. The van der Waals surface area contributed by atoms with E-state index in [1.165, 1.54) is 6.92 Å². The standard InChI is InChI=1S/C8H14N2O5/c1-5-6(11)3-8(9-13,10(14)15)4-7(5,2)12/h5-6,11-12H,3-4H2,1-2H3. The predicted octanol–water partition coefficient (Wildman–Crippen LogP) is 0.268. The normalized spacial score (nSPS) is 46.1. The van der Waals surface area contributed by atoms with Crippen molar-refractivity contribution < 1.29 is 15.1 Å². The average Bonchev–Trinajstić information content (AvgIpc) is 2.12. The molecule has 0 aromatic rings. The molecule has 0 aromatic heterocycles. The topological polar surface area (TPSA) is 113 Å². The third-order valence-electron chi connectivity index (χ3n) is 3.24. The molecule has 0 aromatic carbocycles. The Morgan fingerprint density at radius 3 is 2.47 bits per heavy atom. The molecule has 1 aliphatic rings. The highest BCUT2D eigenvalue weighted by Gasteiger charge is 2.58. The molecular weight excluding hydrogens is 204 g/mol. The summed E-state index contributed by atoms with van der Waals surface area (Å²) in [7, 11) is 0. The summed E-state index contributed by atoms with van der Waals surface area (Å²) in [4.78, 5) is 20.5. The van der Waals surface area contributed by atoms with Gasteiger partial charge in [-0.3, -0.25) is 10.1 Å². The van der Waals surface area contributed by atoms with E-state index in [0.717, 1.165) is 0 Å². The van der Waals surface area contributed by atoms with Crippen molar-refractivity contribution in [2.75, 3.05) is 0 Å². The van der Waals surface area contributed by atoms with E-state index in [1.807, 2.05) is 0 Å². The van der Waals surface area contributed by atoms with Crippen LogP contribution in [0.4, 0.5) is 0 Å². The molecule has 0 radical (unpaired) electrons. The molecule has 2 N–H and O–H groups in total. The Kier molecular flexibility index (Phi) is 2.79. The van der Waals surface area contributed by atoms with Crippen LogP contribution in [0.25, 0.3) is 0 Å². The Hall–Kier alpha value is -1.08. The van der Waals surface area contributed by atoms with E-state index in [-0.39, 0.29) is 12.8 Å². The fourth-order valence-electron chi connectivity index (χ4n) is 1.97. The third-order valence-corrected chi connectivity index (χ3v) is 3.24. The van der Waals surface area contributed by atoms with Gasteiger partial charge in [-0.1, -0.05) is 6.92 Å². The summed E-state index contributed by atoms with van der Waals surface area (Å²) in [5.41, 5.74) is -3.56. The fraction of sp³-hybridized carbons (Fsp3) is 1.00. The summed E-state index contributed by atoms with van der Waals surface area (Å²) in [6, 6.07) is 0. The summed E-state index contributed by atoms with van der Waals surface area (Å²) in [6.07, 6.45) is -1.81. The van der Waals surface area contributed by atoms with Crippen LogP contribution in [0.5, 0.6) is 0 Å². The van der Waals surface area contributed by atoms with Crippen molar-refractivity contribution in [3.63, 3.8) is 0 Å². The van der Waals surface area contributed by atoms with Gasteiger partial charge in [0.05, 0.1) is 29.5 Å². The van der Waals surface area contributed by atoms with Crippen LogP contribution in [0.1, 0.15) is 26.7 Å². The molecule has 0 heterocycles. The van der Waals surface area contributed by atoms with Crippen LogP contribution in [0.3, 0.4) is 0 Å². The highest BCUT2D eigenvalue weighted by molar-refractivity contribution is 4.99. The minimum Gasteiger partial charge on any atom is -0.392 e. The molecule has 0 spiro atoms. The predicted molar refractivity (Wildman–Crippen MR) is 50.5 cm³/mol. The average molecular weight is 218 g/mol. The molecule has 7 heteroatoms. The van der Waals surface area contributed by atoms with E-state index in [9.17, 15) is 25.2 Å². The number of nitro groups is 1. The smallest absolute Gasteiger partial charge is 0.353 e. The highest BCUT2D eigenvalue weighted by atomic mass is 16.6. The van der Waals surface area contributed by atoms with Crippen LogP contribution in [0.15, 0.2) is 5.18 Å². The molecular formula is C8H14N2O5. The molecule has 15 heavy (non-hydrogen) atoms. The van der Waals surface area contributed by atoms with Gasteiger partial charge < -0.3 is 10.2 Å². The summed E-state index contributed by atoms with van der Waals surface area (Å²) in [5, 5.41) is 32.7. The van der Waals surface area contributed by atoms with Crippen LogP contribution in [0, 0.1) is 20.9 Å². The first-order valence-electron chi connectivity index (χ1n) is 4.65. The van der Waals surface area contributed by atoms with Gasteiger partial charge in [-0.15, -0.1) is 4.91 Å². The van der Waals surface area contributed by atoms with Gasteiger partial charge in [-0.25, -0.2) is 0 Å². The minimum absolute atomic E-state index is 0.346. The number of aliphatic hydroxyl groups excluding tert-OH is 1. The number of nitrogens with zero attached hydrogens (tertiary/aromatic N) is 2. The molecule has 1 fully saturated rings. The van der Waals surface area contributed by atoms with Gasteiger partial charge in [0.25, 0.3) is 0 Å². The maximum Gasteiger partial charge on any atom is 0.353 e. The van der Waals surface area contributed by atoms with Gasteiger partial charge in [-0.2, -0.15) is 0 Å². The van der Waals surface area contributed by atoms with Gasteiger partial charge in [0, 0.05) is 11.1 Å². The lowest BCUT2D eigenvalue weighted by molar-refractivity contribution is -0.581. The van der Waals surface area contributed by atoms with E-state index in [2.05, 4.69) is 5.18 Å². The molecule has 4 atom stereocenters. The molecule has 1 aliphatic carbocycles. The summed E-state index contributed by atoms with van der Waals surface area (Å²) in [5.74, 6) is -0.521. The zero-order valence-electron chi connectivity index (χ0n) is 8.58. The second-order valence-corrected chi connectivity index (χ2v) is 4.42. The largest absolute Gasteiger partial charge is 0.392 e. The van der Waals surface area contributed by atoms with Gasteiger partial charge >= 0.3 is 5.66 Å².